The lowest BCUT2D eigenvalue weighted by atomic mass is 10.1. The van der Waals surface area contributed by atoms with E-state index < -0.39 is 0 Å². The van der Waals surface area contributed by atoms with Gasteiger partial charge in [-0.05, 0) is 30.7 Å². The fourth-order valence-electron chi connectivity index (χ4n) is 2.41. The Kier molecular flexibility index (Phi) is 10.1. The standard InChI is InChI=1S/C19H33N3O/c1-4-5-6-7-8-9-14-20-18-12-10-17(11-13-18)19(23)21-15-16-22(2)3/h10-13,20H,4-9,14-16H2,1-3H3,(H,21,23)/p+1. The van der Waals surface area contributed by atoms with Crippen LogP contribution in [0.4, 0.5) is 5.69 Å². The van der Waals surface area contributed by atoms with Gasteiger partial charge in [0.05, 0.1) is 27.2 Å². The highest BCUT2D eigenvalue weighted by Crippen LogP contribution is 2.10. The molecule has 1 aromatic rings. The first-order valence-corrected chi connectivity index (χ1v) is 9.04. The van der Waals surface area contributed by atoms with Crippen LogP contribution in [0.15, 0.2) is 24.3 Å². The Balaban J connectivity index is 2.21. The Morgan fingerprint density at radius 2 is 1.61 bits per heavy atom. The lowest BCUT2D eigenvalue weighted by Gasteiger charge is -2.09. The number of carbonyl (C=O) groups excluding carboxylic acids is 1. The second-order valence-corrected chi connectivity index (χ2v) is 6.48. The van der Waals surface area contributed by atoms with Gasteiger partial charge in [-0.3, -0.25) is 4.79 Å². The number of anilines is 1. The van der Waals surface area contributed by atoms with E-state index in [0.717, 1.165) is 24.3 Å². The molecule has 3 N–H and O–H groups in total. The van der Waals surface area contributed by atoms with E-state index in [1.165, 1.54) is 43.4 Å². The van der Waals surface area contributed by atoms with Crippen molar-refractivity contribution in [2.24, 2.45) is 0 Å². The summed E-state index contributed by atoms with van der Waals surface area (Å²) in [5.74, 6) is 0.00808. The molecule has 1 aromatic carbocycles. The normalized spacial score (nSPS) is 10.8. The number of hydrogen-bond donors (Lipinski definition) is 3. The first-order valence-electron chi connectivity index (χ1n) is 9.04. The molecule has 0 bridgehead atoms. The maximum absolute atomic E-state index is 12.0. The van der Waals surface area contributed by atoms with Crippen LogP contribution in [0.2, 0.25) is 0 Å². The summed E-state index contributed by atoms with van der Waals surface area (Å²) in [4.78, 5) is 13.3. The highest BCUT2D eigenvalue weighted by molar-refractivity contribution is 5.94. The molecule has 0 saturated heterocycles. The molecule has 4 nitrogen and oxygen atoms in total. The van der Waals surface area contributed by atoms with E-state index in [1.807, 2.05) is 24.3 Å². The number of nitrogens with one attached hydrogen (secondary N) is 3. The van der Waals surface area contributed by atoms with Crippen LogP contribution in [-0.4, -0.2) is 39.6 Å². The summed E-state index contributed by atoms with van der Waals surface area (Å²) in [7, 11) is 4.16. The van der Waals surface area contributed by atoms with Crippen LogP contribution in [0.25, 0.3) is 0 Å². The number of carbonyl (C=O) groups is 1. The van der Waals surface area contributed by atoms with E-state index in [4.69, 9.17) is 0 Å². The molecule has 0 aliphatic heterocycles. The third-order valence-corrected chi connectivity index (χ3v) is 3.92. The number of hydrogen-bond acceptors (Lipinski definition) is 2. The van der Waals surface area contributed by atoms with Crippen molar-refractivity contribution in [2.45, 2.75) is 45.4 Å². The molecule has 0 saturated carbocycles. The van der Waals surface area contributed by atoms with E-state index in [2.05, 4.69) is 31.7 Å². The minimum atomic E-state index is 0.00808. The summed E-state index contributed by atoms with van der Waals surface area (Å²) in [5.41, 5.74) is 1.82. The molecule has 0 unspecified atom stereocenters. The summed E-state index contributed by atoms with van der Waals surface area (Å²) < 4.78 is 0. The lowest BCUT2D eigenvalue weighted by Crippen LogP contribution is -3.06. The van der Waals surface area contributed by atoms with E-state index in [-0.39, 0.29) is 5.91 Å². The van der Waals surface area contributed by atoms with Gasteiger partial charge in [-0.15, -0.1) is 0 Å². The van der Waals surface area contributed by atoms with E-state index in [1.54, 1.807) is 0 Å². The van der Waals surface area contributed by atoms with Crippen LogP contribution < -0.4 is 15.5 Å². The van der Waals surface area contributed by atoms with Gasteiger partial charge in [0.2, 0.25) is 0 Å². The minimum absolute atomic E-state index is 0.00808. The SMILES string of the molecule is CCCCCCCCNc1ccc(C(=O)NCC[NH+](C)C)cc1. The predicted octanol–water partition coefficient (Wildman–Crippen LogP) is 2.33. The van der Waals surface area contributed by atoms with Gasteiger partial charge in [-0.25, -0.2) is 0 Å². The zero-order chi connectivity index (χ0) is 16.9. The largest absolute Gasteiger partial charge is 0.385 e. The number of rotatable bonds is 12. The van der Waals surface area contributed by atoms with Crippen LogP contribution in [0.1, 0.15) is 55.8 Å². The molecule has 0 fully saturated rings. The molecule has 0 spiro atoms. The third-order valence-electron chi connectivity index (χ3n) is 3.92. The first-order chi connectivity index (χ1) is 11.1. The molecule has 23 heavy (non-hydrogen) atoms. The Hall–Kier alpha value is -1.55. The number of amides is 1. The molecule has 0 radical (unpaired) electrons. The van der Waals surface area contributed by atoms with Crippen LogP contribution in [0.5, 0.6) is 0 Å². The van der Waals surface area contributed by atoms with Crippen LogP contribution in [0.3, 0.4) is 0 Å². The van der Waals surface area contributed by atoms with Crippen molar-refractivity contribution in [3.05, 3.63) is 29.8 Å². The molecule has 4 heteroatoms. The zero-order valence-electron chi connectivity index (χ0n) is 15.1. The second-order valence-electron chi connectivity index (χ2n) is 6.48. The van der Waals surface area contributed by atoms with Gasteiger partial charge in [0.25, 0.3) is 5.91 Å². The number of benzene rings is 1. The van der Waals surface area contributed by atoms with Crippen LogP contribution >= 0.6 is 0 Å². The first kappa shape index (κ1) is 19.5. The second kappa shape index (κ2) is 11.9. The summed E-state index contributed by atoms with van der Waals surface area (Å²) >= 11 is 0. The lowest BCUT2D eigenvalue weighted by molar-refractivity contribution is -0.856. The summed E-state index contributed by atoms with van der Waals surface area (Å²) in [6, 6.07) is 7.76. The van der Waals surface area contributed by atoms with E-state index in [9.17, 15) is 4.79 Å². The third kappa shape index (κ3) is 9.24. The molecule has 0 aliphatic rings. The molecule has 130 valence electrons. The van der Waals surface area contributed by atoms with Gasteiger partial charge in [-0.2, -0.15) is 0 Å². The molecule has 1 rings (SSSR count). The summed E-state index contributed by atoms with van der Waals surface area (Å²) in [6.45, 7) is 4.89. The van der Waals surface area contributed by atoms with Crippen molar-refractivity contribution in [3.8, 4) is 0 Å². The number of unbranched alkanes of at least 4 members (excludes halogenated alkanes) is 5. The smallest absolute Gasteiger partial charge is 0.251 e. The highest BCUT2D eigenvalue weighted by atomic mass is 16.1. The zero-order valence-corrected chi connectivity index (χ0v) is 15.1. The highest BCUT2D eigenvalue weighted by Gasteiger charge is 2.05. The Morgan fingerprint density at radius 1 is 0.957 bits per heavy atom. The van der Waals surface area contributed by atoms with Crippen LogP contribution in [-0.2, 0) is 0 Å². The molecule has 0 aliphatic carbocycles. The molecule has 0 aromatic heterocycles. The topological polar surface area (TPSA) is 45.6 Å². The Morgan fingerprint density at radius 3 is 2.26 bits per heavy atom. The average molecular weight is 321 g/mol. The van der Waals surface area contributed by atoms with Crippen molar-refractivity contribution < 1.29 is 9.69 Å². The van der Waals surface area contributed by atoms with Crippen molar-refractivity contribution in [1.29, 1.82) is 0 Å². The molecular formula is C19H34N3O+. The van der Waals surface area contributed by atoms with Gasteiger partial charge in [-0.1, -0.05) is 39.0 Å². The van der Waals surface area contributed by atoms with Gasteiger partial charge in [0.15, 0.2) is 0 Å². The average Bonchev–Trinajstić information content (AvgIpc) is 2.54. The van der Waals surface area contributed by atoms with Crippen molar-refractivity contribution in [3.63, 3.8) is 0 Å². The molecule has 0 atom stereocenters. The van der Waals surface area contributed by atoms with E-state index >= 15 is 0 Å². The number of likely N-dealkylation sites (N-methyl/N-ethyl adjacent to an activating group) is 1. The van der Waals surface area contributed by atoms with Gasteiger partial charge < -0.3 is 15.5 Å². The van der Waals surface area contributed by atoms with Gasteiger partial charge in [0, 0.05) is 17.8 Å². The summed E-state index contributed by atoms with van der Waals surface area (Å²) in [6.07, 6.45) is 7.85. The minimum Gasteiger partial charge on any atom is -0.385 e. The predicted molar refractivity (Wildman–Crippen MR) is 98.3 cm³/mol. The maximum atomic E-state index is 12.0. The van der Waals surface area contributed by atoms with Crippen molar-refractivity contribution >= 4 is 11.6 Å². The fraction of sp³-hybridized carbons (Fsp3) is 0.632. The fourth-order valence-corrected chi connectivity index (χ4v) is 2.41. The monoisotopic (exact) mass is 320 g/mol. The Bertz CT molecular complexity index is 429. The maximum Gasteiger partial charge on any atom is 0.251 e. The van der Waals surface area contributed by atoms with Gasteiger partial charge >= 0.3 is 0 Å². The quantitative estimate of drug-likeness (QED) is 0.518. The number of quaternary nitrogens is 1. The molecule has 0 heterocycles. The van der Waals surface area contributed by atoms with Gasteiger partial charge in [0.1, 0.15) is 0 Å². The Labute approximate surface area is 141 Å². The molecule has 1 amide bonds. The van der Waals surface area contributed by atoms with Crippen molar-refractivity contribution in [1.82, 2.24) is 5.32 Å². The summed E-state index contributed by atoms with van der Waals surface area (Å²) in [5, 5.41) is 6.37. The van der Waals surface area contributed by atoms with Crippen molar-refractivity contribution in [2.75, 3.05) is 39.0 Å². The van der Waals surface area contributed by atoms with Crippen LogP contribution in [0, 0.1) is 0 Å². The molecular weight excluding hydrogens is 286 g/mol. The van der Waals surface area contributed by atoms with E-state index in [0.29, 0.717) is 6.54 Å².